The van der Waals surface area contributed by atoms with E-state index >= 15 is 0 Å². The third-order valence-electron chi connectivity index (χ3n) is 4.96. The number of rotatable bonds is 2. The first-order valence-corrected chi connectivity index (χ1v) is 9.14. The molecular weight excluding hydrogens is 296 g/mol. The van der Waals surface area contributed by atoms with Gasteiger partial charge in [-0.05, 0) is 43.0 Å². The van der Waals surface area contributed by atoms with Gasteiger partial charge in [0, 0.05) is 32.1 Å². The fourth-order valence-corrected chi connectivity index (χ4v) is 4.06. The first-order valence-electron chi connectivity index (χ1n) is 8.26. The zero-order chi connectivity index (χ0) is 15.5. The van der Waals surface area contributed by atoms with Crippen molar-refractivity contribution in [1.29, 1.82) is 0 Å². The minimum absolute atomic E-state index is 0.112. The van der Waals surface area contributed by atoms with Crippen LogP contribution in [-0.4, -0.2) is 47.8 Å². The van der Waals surface area contributed by atoms with Gasteiger partial charge in [0.25, 0.3) is 5.91 Å². The Morgan fingerprint density at radius 1 is 1.05 bits per heavy atom. The van der Waals surface area contributed by atoms with Crippen LogP contribution in [0.3, 0.4) is 0 Å². The van der Waals surface area contributed by atoms with Crippen molar-refractivity contribution in [2.24, 2.45) is 11.8 Å². The Morgan fingerprint density at radius 3 is 2.27 bits per heavy atom. The van der Waals surface area contributed by atoms with Gasteiger partial charge in [0.2, 0.25) is 5.91 Å². The fourth-order valence-electron chi connectivity index (χ4n) is 3.37. The highest BCUT2D eigenvalue weighted by atomic mass is 32.1. The van der Waals surface area contributed by atoms with Gasteiger partial charge >= 0.3 is 0 Å². The van der Waals surface area contributed by atoms with Crippen LogP contribution in [0.5, 0.6) is 0 Å². The van der Waals surface area contributed by atoms with Crippen molar-refractivity contribution in [1.82, 2.24) is 9.80 Å². The Kier molecular flexibility index (Phi) is 4.81. The Hall–Kier alpha value is -1.36. The summed E-state index contributed by atoms with van der Waals surface area (Å²) in [5, 5.41) is 1.93. The summed E-state index contributed by atoms with van der Waals surface area (Å²) in [4.78, 5) is 29.6. The lowest BCUT2D eigenvalue weighted by atomic mass is 9.92. The summed E-state index contributed by atoms with van der Waals surface area (Å²) in [6.07, 6.45) is 3.87. The van der Waals surface area contributed by atoms with Crippen molar-refractivity contribution in [3.05, 3.63) is 22.4 Å². The molecule has 1 aromatic rings. The van der Waals surface area contributed by atoms with E-state index in [4.69, 9.17) is 0 Å². The summed E-state index contributed by atoms with van der Waals surface area (Å²) in [5.74, 6) is 1.29. The maximum absolute atomic E-state index is 12.6. The predicted octanol–water partition coefficient (Wildman–Crippen LogP) is 2.86. The van der Waals surface area contributed by atoms with Gasteiger partial charge in [-0.15, -0.1) is 11.3 Å². The van der Waals surface area contributed by atoms with Crippen LogP contribution in [0.4, 0.5) is 0 Å². The van der Waals surface area contributed by atoms with Crippen molar-refractivity contribution >= 4 is 23.2 Å². The van der Waals surface area contributed by atoms with Crippen molar-refractivity contribution in [2.75, 3.05) is 26.2 Å². The molecule has 0 saturated carbocycles. The van der Waals surface area contributed by atoms with Crippen molar-refractivity contribution < 1.29 is 9.59 Å². The fraction of sp³-hybridized carbons (Fsp3) is 0.647. The average molecular weight is 320 g/mol. The zero-order valence-corrected chi connectivity index (χ0v) is 14.0. The maximum Gasteiger partial charge on any atom is 0.263 e. The standard InChI is InChI=1S/C17H24N2O2S/c1-13-4-8-18(9-5-13)16(20)14-6-10-19(11-7-14)17(21)15-3-2-12-22-15/h2-3,12-14H,4-11H2,1H3. The number of likely N-dealkylation sites (tertiary alicyclic amines) is 2. The van der Waals surface area contributed by atoms with Crippen molar-refractivity contribution in [3.63, 3.8) is 0 Å². The summed E-state index contributed by atoms with van der Waals surface area (Å²) in [7, 11) is 0. The smallest absolute Gasteiger partial charge is 0.263 e. The van der Waals surface area contributed by atoms with Crippen LogP contribution in [-0.2, 0) is 4.79 Å². The predicted molar refractivity (Wildman–Crippen MR) is 87.9 cm³/mol. The molecule has 120 valence electrons. The van der Waals surface area contributed by atoms with E-state index in [1.54, 1.807) is 0 Å². The molecule has 2 aliphatic rings. The molecular formula is C17H24N2O2S. The second kappa shape index (κ2) is 6.82. The van der Waals surface area contributed by atoms with Crippen LogP contribution >= 0.6 is 11.3 Å². The molecule has 0 radical (unpaired) electrons. The maximum atomic E-state index is 12.6. The lowest BCUT2D eigenvalue weighted by Crippen LogP contribution is -2.46. The monoisotopic (exact) mass is 320 g/mol. The molecule has 2 aliphatic heterocycles. The zero-order valence-electron chi connectivity index (χ0n) is 13.2. The number of hydrogen-bond donors (Lipinski definition) is 0. The molecule has 0 spiro atoms. The topological polar surface area (TPSA) is 40.6 Å². The molecule has 0 bridgehead atoms. The molecule has 0 atom stereocenters. The molecule has 1 aromatic heterocycles. The second-order valence-electron chi connectivity index (χ2n) is 6.55. The first kappa shape index (κ1) is 15.5. The lowest BCUT2D eigenvalue weighted by molar-refractivity contribution is -0.138. The second-order valence-corrected chi connectivity index (χ2v) is 7.50. The summed E-state index contributed by atoms with van der Waals surface area (Å²) in [5.41, 5.74) is 0. The van der Waals surface area contributed by atoms with Crippen LogP contribution < -0.4 is 0 Å². The minimum atomic E-state index is 0.112. The summed E-state index contributed by atoms with van der Waals surface area (Å²) < 4.78 is 0. The van der Waals surface area contributed by atoms with Gasteiger partial charge in [-0.3, -0.25) is 9.59 Å². The van der Waals surface area contributed by atoms with Crippen LogP contribution in [0.1, 0.15) is 42.3 Å². The largest absolute Gasteiger partial charge is 0.342 e. The molecule has 3 rings (SSSR count). The number of piperidine rings is 2. The molecule has 22 heavy (non-hydrogen) atoms. The van der Waals surface area contributed by atoms with Gasteiger partial charge in [0.15, 0.2) is 0 Å². The van der Waals surface area contributed by atoms with E-state index in [1.165, 1.54) is 11.3 Å². The summed E-state index contributed by atoms with van der Waals surface area (Å²) in [6, 6.07) is 3.78. The number of carbonyl (C=O) groups excluding carboxylic acids is 2. The number of nitrogens with zero attached hydrogens (tertiary/aromatic N) is 2. The molecule has 2 fully saturated rings. The summed E-state index contributed by atoms with van der Waals surface area (Å²) in [6.45, 7) is 5.49. The highest BCUT2D eigenvalue weighted by Gasteiger charge is 2.31. The Bertz CT molecular complexity index is 513. The minimum Gasteiger partial charge on any atom is -0.342 e. The lowest BCUT2D eigenvalue weighted by Gasteiger charge is -2.36. The SMILES string of the molecule is CC1CCN(C(=O)C2CCN(C(=O)c3cccs3)CC2)CC1. The molecule has 2 amide bonds. The van der Waals surface area contributed by atoms with E-state index in [0.29, 0.717) is 19.0 Å². The molecule has 0 N–H and O–H groups in total. The van der Waals surface area contributed by atoms with E-state index in [0.717, 1.165) is 49.6 Å². The number of hydrogen-bond acceptors (Lipinski definition) is 3. The molecule has 0 aliphatic carbocycles. The van der Waals surface area contributed by atoms with Crippen LogP contribution in [0.2, 0.25) is 0 Å². The van der Waals surface area contributed by atoms with Gasteiger partial charge in [0.05, 0.1) is 4.88 Å². The molecule has 0 unspecified atom stereocenters. The number of amides is 2. The van der Waals surface area contributed by atoms with Crippen LogP contribution in [0.25, 0.3) is 0 Å². The Morgan fingerprint density at radius 2 is 1.68 bits per heavy atom. The summed E-state index contributed by atoms with van der Waals surface area (Å²) >= 11 is 1.49. The Labute approximate surface area is 136 Å². The van der Waals surface area contributed by atoms with E-state index in [9.17, 15) is 9.59 Å². The third kappa shape index (κ3) is 3.35. The quantitative estimate of drug-likeness (QED) is 0.841. The molecule has 0 aromatic carbocycles. The number of thiophene rings is 1. The van der Waals surface area contributed by atoms with Crippen LogP contribution in [0.15, 0.2) is 17.5 Å². The Balaban J connectivity index is 1.51. The first-order chi connectivity index (χ1) is 10.6. The van der Waals surface area contributed by atoms with Gasteiger partial charge in [0.1, 0.15) is 0 Å². The van der Waals surface area contributed by atoms with Gasteiger partial charge in [-0.1, -0.05) is 13.0 Å². The molecule has 3 heterocycles. The van der Waals surface area contributed by atoms with Gasteiger partial charge < -0.3 is 9.80 Å². The van der Waals surface area contributed by atoms with Crippen LogP contribution in [0, 0.1) is 11.8 Å². The van der Waals surface area contributed by atoms with E-state index in [1.807, 2.05) is 27.3 Å². The van der Waals surface area contributed by atoms with Gasteiger partial charge in [-0.25, -0.2) is 0 Å². The highest BCUT2D eigenvalue weighted by Crippen LogP contribution is 2.25. The van der Waals surface area contributed by atoms with Gasteiger partial charge in [-0.2, -0.15) is 0 Å². The van der Waals surface area contributed by atoms with E-state index in [2.05, 4.69) is 6.92 Å². The average Bonchev–Trinajstić information content (AvgIpc) is 3.09. The normalized spacial score (nSPS) is 21.1. The molecule has 2 saturated heterocycles. The highest BCUT2D eigenvalue weighted by molar-refractivity contribution is 7.12. The van der Waals surface area contributed by atoms with E-state index in [-0.39, 0.29) is 11.8 Å². The van der Waals surface area contributed by atoms with Crippen molar-refractivity contribution in [2.45, 2.75) is 32.6 Å². The third-order valence-corrected chi connectivity index (χ3v) is 5.82. The van der Waals surface area contributed by atoms with Crippen molar-refractivity contribution in [3.8, 4) is 0 Å². The van der Waals surface area contributed by atoms with E-state index < -0.39 is 0 Å². The molecule has 5 heteroatoms. The molecule has 4 nitrogen and oxygen atoms in total. The number of carbonyl (C=O) groups is 2.